The number of amides is 1. The highest BCUT2D eigenvalue weighted by molar-refractivity contribution is 5.94. The molecule has 0 aromatic heterocycles. The highest BCUT2D eigenvalue weighted by atomic mass is 16.5. The zero-order chi connectivity index (χ0) is 25.9. The molecular weight excluding hydrogens is 458 g/mol. The molecule has 37 heavy (non-hydrogen) atoms. The van der Waals surface area contributed by atoms with Crippen LogP contribution in [-0.2, 0) is 0 Å². The van der Waals surface area contributed by atoms with Gasteiger partial charge in [0.05, 0.1) is 0 Å². The molecule has 1 aliphatic heterocycles. The first-order chi connectivity index (χ1) is 18.2. The maximum Gasteiger partial charge on any atom is 0.251 e. The Balaban J connectivity index is 1.25. The lowest BCUT2D eigenvalue weighted by molar-refractivity contribution is 0.0947. The zero-order valence-corrected chi connectivity index (χ0v) is 22.3. The van der Waals surface area contributed by atoms with Crippen molar-refractivity contribution in [1.82, 2.24) is 15.1 Å². The minimum Gasteiger partial charge on any atom is -0.490 e. The van der Waals surface area contributed by atoms with Gasteiger partial charge in [0.15, 0.2) is 0 Å². The van der Waals surface area contributed by atoms with Gasteiger partial charge in [-0.05, 0) is 61.3 Å². The topological polar surface area (TPSA) is 44.8 Å². The Hall–Kier alpha value is -3.15. The number of likely N-dealkylation sites (N-methyl/N-ethyl adjacent to an activating group) is 1. The summed E-state index contributed by atoms with van der Waals surface area (Å²) >= 11 is 0. The number of likely N-dealkylation sites (tertiary alicyclic amines) is 1. The van der Waals surface area contributed by atoms with E-state index < -0.39 is 0 Å². The molecule has 196 valence electrons. The number of ether oxygens (including phenoxy) is 1. The van der Waals surface area contributed by atoms with E-state index in [1.165, 1.54) is 11.1 Å². The Morgan fingerprint density at radius 3 is 2.00 bits per heavy atom. The molecule has 3 aromatic carbocycles. The molecular formula is C32H41N3O2. The predicted octanol–water partition coefficient (Wildman–Crippen LogP) is 5.43. The van der Waals surface area contributed by atoms with Crippen molar-refractivity contribution in [3.8, 4) is 5.75 Å². The molecule has 1 amide bonds. The minimum atomic E-state index is -0.0293. The van der Waals surface area contributed by atoms with Gasteiger partial charge in [0.25, 0.3) is 5.91 Å². The smallest absolute Gasteiger partial charge is 0.251 e. The Morgan fingerprint density at radius 1 is 0.892 bits per heavy atom. The van der Waals surface area contributed by atoms with Crippen LogP contribution in [-0.4, -0.2) is 67.6 Å². The van der Waals surface area contributed by atoms with Crippen LogP contribution in [0.5, 0.6) is 5.75 Å². The summed E-state index contributed by atoms with van der Waals surface area (Å²) in [6.07, 6.45) is 2.21. The van der Waals surface area contributed by atoms with Gasteiger partial charge in [-0.3, -0.25) is 4.79 Å². The van der Waals surface area contributed by atoms with E-state index in [0.29, 0.717) is 18.0 Å². The SMILES string of the molecule is CCN(CC)CCNC(=O)c1ccc(OC2CCN(CC(c3ccccc3)c3ccccc3)CC2)cc1. The number of nitrogens with zero attached hydrogens (tertiary/aromatic N) is 2. The monoisotopic (exact) mass is 499 g/mol. The molecule has 0 aliphatic carbocycles. The molecule has 1 fully saturated rings. The Kier molecular flexibility index (Phi) is 10.2. The molecule has 1 aliphatic rings. The summed E-state index contributed by atoms with van der Waals surface area (Å²) in [5, 5.41) is 3.02. The van der Waals surface area contributed by atoms with Crippen LogP contribution in [0.4, 0.5) is 0 Å². The van der Waals surface area contributed by atoms with Crippen LogP contribution in [0.1, 0.15) is 54.1 Å². The molecule has 5 heteroatoms. The molecule has 0 radical (unpaired) electrons. The molecule has 0 saturated carbocycles. The first kappa shape index (κ1) is 26.9. The number of carbonyl (C=O) groups excluding carboxylic acids is 1. The maximum absolute atomic E-state index is 12.5. The molecule has 0 atom stereocenters. The maximum atomic E-state index is 12.5. The van der Waals surface area contributed by atoms with Crippen LogP contribution in [0.25, 0.3) is 0 Å². The van der Waals surface area contributed by atoms with Gasteiger partial charge < -0.3 is 19.9 Å². The van der Waals surface area contributed by atoms with Crippen molar-refractivity contribution < 1.29 is 9.53 Å². The fourth-order valence-corrected chi connectivity index (χ4v) is 5.09. The number of carbonyl (C=O) groups is 1. The summed E-state index contributed by atoms with van der Waals surface area (Å²) in [5.74, 6) is 1.17. The highest BCUT2D eigenvalue weighted by Crippen LogP contribution is 2.27. The van der Waals surface area contributed by atoms with Crippen LogP contribution in [0, 0.1) is 0 Å². The van der Waals surface area contributed by atoms with E-state index in [1.807, 2.05) is 24.3 Å². The quantitative estimate of drug-likeness (QED) is 0.361. The normalized spacial score (nSPS) is 14.7. The van der Waals surface area contributed by atoms with Crippen LogP contribution >= 0.6 is 0 Å². The molecule has 0 bridgehead atoms. The van der Waals surface area contributed by atoms with Crippen molar-refractivity contribution in [3.05, 3.63) is 102 Å². The number of benzene rings is 3. The van der Waals surface area contributed by atoms with Crippen LogP contribution in [0.2, 0.25) is 0 Å². The van der Waals surface area contributed by atoms with E-state index in [4.69, 9.17) is 4.74 Å². The molecule has 4 rings (SSSR count). The van der Waals surface area contributed by atoms with Crippen LogP contribution in [0.3, 0.4) is 0 Å². The lowest BCUT2D eigenvalue weighted by Gasteiger charge is -2.34. The average Bonchev–Trinajstić information content (AvgIpc) is 2.96. The molecule has 1 saturated heterocycles. The van der Waals surface area contributed by atoms with E-state index in [2.05, 4.69) is 89.6 Å². The summed E-state index contributed by atoms with van der Waals surface area (Å²) in [6, 6.07) is 29.2. The van der Waals surface area contributed by atoms with Gasteiger partial charge in [-0.1, -0.05) is 74.5 Å². The van der Waals surface area contributed by atoms with E-state index in [1.54, 1.807) is 0 Å². The lowest BCUT2D eigenvalue weighted by Crippen LogP contribution is -2.40. The summed E-state index contributed by atoms with van der Waals surface area (Å²) in [7, 11) is 0. The fraction of sp³-hybridized carbons (Fsp3) is 0.406. The zero-order valence-electron chi connectivity index (χ0n) is 22.3. The van der Waals surface area contributed by atoms with Gasteiger partial charge in [-0.2, -0.15) is 0 Å². The lowest BCUT2D eigenvalue weighted by atomic mass is 9.90. The van der Waals surface area contributed by atoms with E-state index in [-0.39, 0.29) is 12.0 Å². The van der Waals surface area contributed by atoms with E-state index in [9.17, 15) is 4.79 Å². The van der Waals surface area contributed by atoms with Gasteiger partial charge in [-0.15, -0.1) is 0 Å². The van der Waals surface area contributed by atoms with Gasteiger partial charge in [0.1, 0.15) is 11.9 Å². The van der Waals surface area contributed by atoms with Gasteiger partial charge in [0.2, 0.25) is 0 Å². The number of piperidine rings is 1. The second-order valence-corrected chi connectivity index (χ2v) is 9.80. The fourth-order valence-electron chi connectivity index (χ4n) is 5.09. The molecule has 1 N–H and O–H groups in total. The third-order valence-corrected chi connectivity index (χ3v) is 7.41. The van der Waals surface area contributed by atoms with Crippen molar-refractivity contribution in [2.24, 2.45) is 0 Å². The Morgan fingerprint density at radius 2 is 1.46 bits per heavy atom. The molecule has 3 aromatic rings. The van der Waals surface area contributed by atoms with Gasteiger partial charge >= 0.3 is 0 Å². The van der Waals surface area contributed by atoms with Crippen LogP contribution < -0.4 is 10.1 Å². The predicted molar refractivity (Wildman–Crippen MR) is 151 cm³/mol. The largest absolute Gasteiger partial charge is 0.490 e. The van der Waals surface area contributed by atoms with Crippen molar-refractivity contribution in [3.63, 3.8) is 0 Å². The Bertz CT molecular complexity index is 1020. The molecule has 1 heterocycles. The first-order valence-electron chi connectivity index (χ1n) is 13.8. The van der Waals surface area contributed by atoms with Crippen molar-refractivity contribution >= 4 is 5.91 Å². The number of hydrogen-bond acceptors (Lipinski definition) is 4. The minimum absolute atomic E-state index is 0.0293. The summed E-state index contributed by atoms with van der Waals surface area (Å²) in [6.45, 7) is 10.9. The standard InChI is InChI=1S/C32H41N3O2/c1-3-34(4-2)24-21-33-32(36)28-15-17-29(18-16-28)37-30-19-22-35(23-20-30)25-31(26-11-7-5-8-12-26)27-13-9-6-10-14-27/h5-18,30-31H,3-4,19-25H2,1-2H3,(H,33,36). The number of rotatable bonds is 12. The summed E-state index contributed by atoms with van der Waals surface area (Å²) in [4.78, 5) is 17.3. The number of nitrogens with one attached hydrogen (secondary N) is 1. The molecule has 0 spiro atoms. The third kappa shape index (κ3) is 7.91. The third-order valence-electron chi connectivity index (χ3n) is 7.41. The Labute approximate surface area is 222 Å². The summed E-state index contributed by atoms with van der Waals surface area (Å²) < 4.78 is 6.29. The number of hydrogen-bond donors (Lipinski definition) is 1. The summed E-state index contributed by atoms with van der Waals surface area (Å²) in [5.41, 5.74) is 3.41. The molecule has 0 unspecified atom stereocenters. The highest BCUT2D eigenvalue weighted by Gasteiger charge is 2.24. The van der Waals surface area contributed by atoms with Crippen molar-refractivity contribution in [2.75, 3.05) is 45.8 Å². The van der Waals surface area contributed by atoms with Gasteiger partial charge in [0, 0.05) is 44.2 Å². The van der Waals surface area contributed by atoms with Gasteiger partial charge in [-0.25, -0.2) is 0 Å². The molecule has 5 nitrogen and oxygen atoms in total. The second-order valence-electron chi connectivity index (χ2n) is 9.80. The van der Waals surface area contributed by atoms with Crippen molar-refractivity contribution in [1.29, 1.82) is 0 Å². The second kappa shape index (κ2) is 14.0. The average molecular weight is 500 g/mol. The first-order valence-corrected chi connectivity index (χ1v) is 13.8. The van der Waals surface area contributed by atoms with Crippen molar-refractivity contribution in [2.45, 2.75) is 38.7 Å². The van der Waals surface area contributed by atoms with E-state index >= 15 is 0 Å². The van der Waals surface area contributed by atoms with Crippen LogP contribution in [0.15, 0.2) is 84.9 Å². The van der Waals surface area contributed by atoms with E-state index in [0.717, 1.165) is 57.9 Å².